The molecule has 2 aliphatic carbocycles. The summed E-state index contributed by atoms with van der Waals surface area (Å²) < 4.78 is 1.94. The summed E-state index contributed by atoms with van der Waals surface area (Å²) >= 11 is 0. The zero-order valence-electron chi connectivity index (χ0n) is 16.4. The van der Waals surface area contributed by atoms with E-state index in [-0.39, 0.29) is 11.9 Å². The molecule has 2 heterocycles. The van der Waals surface area contributed by atoms with Crippen LogP contribution in [0.2, 0.25) is 0 Å². The second-order valence-electron chi connectivity index (χ2n) is 8.62. The van der Waals surface area contributed by atoms with Crippen LogP contribution in [0.15, 0.2) is 12.3 Å². The van der Waals surface area contributed by atoms with Crippen LogP contribution in [-0.2, 0) is 0 Å². The summed E-state index contributed by atoms with van der Waals surface area (Å²) in [5.41, 5.74) is 2.71. The van der Waals surface area contributed by atoms with E-state index in [2.05, 4.69) is 25.9 Å². The van der Waals surface area contributed by atoms with Gasteiger partial charge in [-0.3, -0.25) is 4.79 Å². The number of carbonyl (C=O) groups is 1. The summed E-state index contributed by atoms with van der Waals surface area (Å²) in [4.78, 5) is 20.2. The summed E-state index contributed by atoms with van der Waals surface area (Å²) in [6.07, 6.45) is 8.83. The molecule has 0 bridgehead atoms. The lowest BCUT2D eigenvalue weighted by molar-refractivity contribution is 0.0681. The van der Waals surface area contributed by atoms with Crippen LogP contribution >= 0.6 is 0 Å². The molecule has 2 aromatic heterocycles. The molecule has 26 heavy (non-hydrogen) atoms. The van der Waals surface area contributed by atoms with Gasteiger partial charge in [0.2, 0.25) is 0 Å². The molecule has 0 N–H and O–H groups in total. The Bertz CT molecular complexity index is 813. The van der Waals surface area contributed by atoms with E-state index in [4.69, 9.17) is 4.98 Å². The van der Waals surface area contributed by atoms with Gasteiger partial charge in [-0.1, -0.05) is 6.92 Å². The van der Waals surface area contributed by atoms with Crippen LogP contribution in [0.25, 0.3) is 11.0 Å². The van der Waals surface area contributed by atoms with E-state index >= 15 is 0 Å². The Kier molecular flexibility index (Phi) is 4.49. The van der Waals surface area contributed by atoms with Gasteiger partial charge in [-0.05, 0) is 64.4 Å². The monoisotopic (exact) mass is 354 g/mol. The number of carbonyl (C=O) groups excluding carboxylic acids is 1. The molecule has 0 aliphatic heterocycles. The Morgan fingerprint density at radius 2 is 1.88 bits per heavy atom. The van der Waals surface area contributed by atoms with Crippen molar-refractivity contribution in [2.75, 3.05) is 7.05 Å². The van der Waals surface area contributed by atoms with E-state index < -0.39 is 0 Å². The van der Waals surface area contributed by atoms with E-state index in [1.165, 1.54) is 25.7 Å². The Labute approximate surface area is 155 Å². The van der Waals surface area contributed by atoms with Crippen molar-refractivity contribution in [2.24, 2.45) is 5.92 Å². The van der Waals surface area contributed by atoms with Crippen molar-refractivity contribution in [3.05, 3.63) is 23.5 Å². The minimum Gasteiger partial charge on any atom is -0.339 e. The van der Waals surface area contributed by atoms with Crippen LogP contribution < -0.4 is 0 Å². The molecule has 1 amide bonds. The summed E-state index contributed by atoms with van der Waals surface area (Å²) in [6, 6.07) is 2.62. The number of amides is 1. The van der Waals surface area contributed by atoms with Crippen LogP contribution in [-0.4, -0.2) is 38.7 Å². The fourth-order valence-electron chi connectivity index (χ4n) is 4.17. The molecule has 5 heteroatoms. The molecule has 2 aliphatic rings. The molecule has 2 saturated carbocycles. The van der Waals surface area contributed by atoms with Crippen molar-refractivity contribution in [1.82, 2.24) is 19.7 Å². The van der Waals surface area contributed by atoms with Gasteiger partial charge < -0.3 is 4.90 Å². The number of nitrogens with zero attached hydrogens (tertiary/aromatic N) is 4. The van der Waals surface area contributed by atoms with Crippen LogP contribution in [0.1, 0.15) is 87.3 Å². The Hall–Kier alpha value is -1.91. The molecule has 0 radical (unpaired) electrons. The fourth-order valence-corrected chi connectivity index (χ4v) is 4.17. The zero-order valence-corrected chi connectivity index (χ0v) is 16.4. The maximum absolute atomic E-state index is 13.4. The van der Waals surface area contributed by atoms with E-state index in [0.717, 1.165) is 41.1 Å². The lowest BCUT2D eigenvalue weighted by Crippen LogP contribution is -2.39. The first-order valence-electron chi connectivity index (χ1n) is 10.1. The van der Waals surface area contributed by atoms with Gasteiger partial charge in [-0.15, -0.1) is 0 Å². The SMILES string of the molecule is CC1CCC(N(C)C(=O)c2cc(C3CC3)nc3c2cnn3C(C)C)CC1. The third-order valence-electron chi connectivity index (χ3n) is 6.16. The lowest BCUT2D eigenvalue weighted by Gasteiger charge is -2.33. The molecular weight excluding hydrogens is 324 g/mol. The molecule has 5 nitrogen and oxygen atoms in total. The van der Waals surface area contributed by atoms with Gasteiger partial charge in [0.05, 0.1) is 17.1 Å². The molecule has 0 spiro atoms. The average Bonchev–Trinajstić information content (AvgIpc) is 3.39. The number of pyridine rings is 1. The maximum atomic E-state index is 13.4. The van der Waals surface area contributed by atoms with Crippen LogP contribution in [0.3, 0.4) is 0 Å². The van der Waals surface area contributed by atoms with Crippen molar-refractivity contribution in [3.63, 3.8) is 0 Å². The highest BCUT2D eigenvalue weighted by Crippen LogP contribution is 2.40. The number of hydrogen-bond acceptors (Lipinski definition) is 3. The van der Waals surface area contributed by atoms with E-state index in [9.17, 15) is 4.79 Å². The van der Waals surface area contributed by atoms with Gasteiger partial charge in [0.25, 0.3) is 5.91 Å². The Balaban J connectivity index is 1.71. The average molecular weight is 354 g/mol. The Morgan fingerprint density at radius 1 is 1.19 bits per heavy atom. The number of fused-ring (bicyclic) bond motifs is 1. The van der Waals surface area contributed by atoms with Gasteiger partial charge >= 0.3 is 0 Å². The van der Waals surface area contributed by atoms with Crippen molar-refractivity contribution in [1.29, 1.82) is 0 Å². The predicted molar refractivity (Wildman–Crippen MR) is 103 cm³/mol. The van der Waals surface area contributed by atoms with Gasteiger partial charge in [0.15, 0.2) is 5.65 Å². The topological polar surface area (TPSA) is 51.0 Å². The van der Waals surface area contributed by atoms with Crippen molar-refractivity contribution >= 4 is 16.9 Å². The summed E-state index contributed by atoms with van der Waals surface area (Å²) in [5.74, 6) is 1.43. The highest BCUT2D eigenvalue weighted by atomic mass is 16.2. The first kappa shape index (κ1) is 17.5. The van der Waals surface area contributed by atoms with Gasteiger partial charge in [-0.25, -0.2) is 9.67 Å². The zero-order chi connectivity index (χ0) is 18.4. The minimum atomic E-state index is 0.127. The molecule has 0 saturated heterocycles. The third-order valence-corrected chi connectivity index (χ3v) is 6.16. The quantitative estimate of drug-likeness (QED) is 0.810. The van der Waals surface area contributed by atoms with E-state index in [0.29, 0.717) is 12.0 Å². The lowest BCUT2D eigenvalue weighted by atomic mass is 9.86. The standard InChI is InChI=1S/C21H30N4O/c1-13(2)25-20-18(12-22-25)17(11-19(23-20)15-7-8-15)21(26)24(4)16-9-5-14(3)6-10-16/h11-16H,5-10H2,1-4H3. The second-order valence-corrected chi connectivity index (χ2v) is 8.62. The summed E-state index contributed by atoms with van der Waals surface area (Å²) in [7, 11) is 1.97. The molecule has 0 aromatic carbocycles. The van der Waals surface area contributed by atoms with Crippen molar-refractivity contribution in [3.8, 4) is 0 Å². The van der Waals surface area contributed by atoms with Crippen LogP contribution in [0.4, 0.5) is 0 Å². The van der Waals surface area contributed by atoms with Gasteiger partial charge in [-0.2, -0.15) is 5.10 Å². The molecule has 0 unspecified atom stereocenters. The largest absolute Gasteiger partial charge is 0.339 e. The Morgan fingerprint density at radius 3 is 2.50 bits per heavy atom. The third kappa shape index (κ3) is 3.12. The number of rotatable bonds is 4. The summed E-state index contributed by atoms with van der Waals surface area (Å²) in [5, 5.41) is 5.42. The first-order chi connectivity index (χ1) is 12.5. The molecule has 0 atom stereocenters. The number of aromatic nitrogens is 3. The molecule has 4 rings (SSSR count). The maximum Gasteiger partial charge on any atom is 0.254 e. The minimum absolute atomic E-state index is 0.127. The van der Waals surface area contributed by atoms with Gasteiger partial charge in [0, 0.05) is 30.7 Å². The number of hydrogen-bond donors (Lipinski definition) is 0. The van der Waals surface area contributed by atoms with E-state index in [1.54, 1.807) is 0 Å². The molecule has 140 valence electrons. The second kappa shape index (κ2) is 6.67. The fraction of sp³-hybridized carbons (Fsp3) is 0.667. The van der Waals surface area contributed by atoms with E-state index in [1.807, 2.05) is 28.9 Å². The first-order valence-corrected chi connectivity index (χ1v) is 10.1. The van der Waals surface area contributed by atoms with Crippen molar-refractivity contribution < 1.29 is 4.79 Å². The summed E-state index contributed by atoms with van der Waals surface area (Å²) in [6.45, 7) is 6.52. The predicted octanol–water partition coefficient (Wildman–Crippen LogP) is 4.54. The highest BCUT2D eigenvalue weighted by molar-refractivity contribution is 6.05. The van der Waals surface area contributed by atoms with Gasteiger partial charge in [0.1, 0.15) is 0 Å². The molecular formula is C21H30N4O. The van der Waals surface area contributed by atoms with Crippen molar-refractivity contribution in [2.45, 2.75) is 77.3 Å². The normalized spacial score (nSPS) is 23.6. The van der Waals surface area contributed by atoms with Crippen LogP contribution in [0, 0.1) is 5.92 Å². The van der Waals surface area contributed by atoms with Crippen LogP contribution in [0.5, 0.6) is 0 Å². The highest BCUT2D eigenvalue weighted by Gasteiger charge is 2.31. The molecule has 2 fully saturated rings. The smallest absolute Gasteiger partial charge is 0.254 e. The molecule has 2 aromatic rings.